The van der Waals surface area contributed by atoms with Gasteiger partial charge in [0.25, 0.3) is 0 Å². The third kappa shape index (κ3) is 7.00. The molecule has 0 aliphatic rings. The van der Waals surface area contributed by atoms with Crippen LogP contribution in [0.2, 0.25) is 0 Å². The van der Waals surface area contributed by atoms with Gasteiger partial charge in [-0.1, -0.05) is 56.7 Å². The van der Waals surface area contributed by atoms with Gasteiger partial charge >= 0.3 is 7.60 Å². The first-order valence-electron chi connectivity index (χ1n) is 9.80. The Labute approximate surface area is 160 Å². The fraction of sp³-hybridized carbons (Fsp3) is 0.619. The van der Waals surface area contributed by atoms with Crippen LogP contribution in [0.3, 0.4) is 0 Å². The Morgan fingerprint density at radius 1 is 1.15 bits per heavy atom. The van der Waals surface area contributed by atoms with E-state index in [4.69, 9.17) is 9.05 Å². The average Bonchev–Trinajstić information content (AvgIpc) is 2.61. The van der Waals surface area contributed by atoms with Crippen molar-refractivity contribution in [1.82, 2.24) is 4.90 Å². The first kappa shape index (κ1) is 23.1. The Kier molecular flexibility index (Phi) is 11.1. The van der Waals surface area contributed by atoms with Crippen LogP contribution in [-0.2, 0) is 13.6 Å². The van der Waals surface area contributed by atoms with Crippen LogP contribution < -0.4 is 0 Å². The van der Waals surface area contributed by atoms with Gasteiger partial charge in [0, 0.05) is 6.54 Å². The highest BCUT2D eigenvalue weighted by atomic mass is 31.2. The Hall–Kier alpha value is -0.930. The van der Waals surface area contributed by atoms with Crippen molar-refractivity contribution in [3.8, 4) is 0 Å². The standard InChI is InChI=1S/C21H36NO3P/c1-6-10-17-22(18-19(5)14-7-2)21(20-15-12-11-13-16-20)26(23,24-8-3)25-9-4/h7,11-13,15-16,19,21H,2,6,8-10,14,17-18H2,1,3-5H3. The van der Waals surface area contributed by atoms with Crippen LogP contribution >= 0.6 is 7.60 Å². The molecule has 4 nitrogen and oxygen atoms in total. The molecular weight excluding hydrogens is 345 g/mol. The molecule has 2 atom stereocenters. The van der Waals surface area contributed by atoms with Crippen molar-refractivity contribution in [3.05, 3.63) is 48.6 Å². The van der Waals surface area contributed by atoms with Crippen molar-refractivity contribution in [2.45, 2.75) is 52.7 Å². The number of unbranched alkanes of at least 4 members (excludes halogenated alkanes) is 1. The molecule has 0 spiro atoms. The van der Waals surface area contributed by atoms with Gasteiger partial charge in [0.1, 0.15) is 5.78 Å². The van der Waals surface area contributed by atoms with E-state index in [-0.39, 0.29) is 5.78 Å². The summed E-state index contributed by atoms with van der Waals surface area (Å²) in [4.78, 5) is 2.29. The van der Waals surface area contributed by atoms with Crippen molar-refractivity contribution in [2.75, 3.05) is 26.3 Å². The van der Waals surface area contributed by atoms with Crippen LogP contribution in [0.15, 0.2) is 43.0 Å². The summed E-state index contributed by atoms with van der Waals surface area (Å²) in [5.74, 6) is 0.0367. The lowest BCUT2D eigenvalue weighted by Gasteiger charge is -2.37. The van der Waals surface area contributed by atoms with Crippen LogP contribution in [0.5, 0.6) is 0 Å². The lowest BCUT2D eigenvalue weighted by molar-refractivity contribution is 0.150. The fourth-order valence-corrected chi connectivity index (χ4v) is 5.41. The van der Waals surface area contributed by atoms with Crippen LogP contribution in [-0.4, -0.2) is 31.2 Å². The highest BCUT2D eigenvalue weighted by Gasteiger charge is 2.41. The Balaban J connectivity index is 3.31. The second-order valence-electron chi connectivity index (χ2n) is 6.64. The van der Waals surface area contributed by atoms with Gasteiger partial charge in [0.15, 0.2) is 0 Å². The maximum atomic E-state index is 13.8. The molecule has 0 saturated heterocycles. The smallest absolute Gasteiger partial charge is 0.308 e. The number of benzene rings is 1. The molecule has 0 heterocycles. The van der Waals surface area contributed by atoms with Crippen LogP contribution in [0.25, 0.3) is 0 Å². The van der Waals surface area contributed by atoms with Crippen molar-refractivity contribution < 1.29 is 13.6 Å². The molecule has 0 saturated carbocycles. The highest BCUT2D eigenvalue weighted by molar-refractivity contribution is 7.54. The number of hydrogen-bond donors (Lipinski definition) is 0. The van der Waals surface area contributed by atoms with Gasteiger partial charge < -0.3 is 9.05 Å². The van der Waals surface area contributed by atoms with Gasteiger partial charge in [-0.25, -0.2) is 0 Å². The molecule has 0 aromatic heterocycles. The zero-order valence-electron chi connectivity index (χ0n) is 16.9. The number of nitrogens with zero attached hydrogens (tertiary/aromatic N) is 1. The zero-order chi connectivity index (χ0) is 19.4. The lowest BCUT2D eigenvalue weighted by atomic mass is 10.1. The SMILES string of the molecule is C=CCC(C)CN(CCCC)C(c1ccccc1)P(=O)(OCC)OCC. The molecule has 1 aromatic rings. The summed E-state index contributed by atoms with van der Waals surface area (Å²) in [6, 6.07) is 9.98. The summed E-state index contributed by atoms with van der Waals surface area (Å²) < 4.78 is 25.3. The molecule has 0 amide bonds. The molecule has 0 fully saturated rings. The monoisotopic (exact) mass is 381 g/mol. The minimum atomic E-state index is -3.32. The molecule has 0 radical (unpaired) electrons. The van der Waals surface area contributed by atoms with Crippen LogP contribution in [0, 0.1) is 5.92 Å². The molecule has 2 unspecified atom stereocenters. The van der Waals surface area contributed by atoms with Gasteiger partial charge in [0.05, 0.1) is 13.2 Å². The van der Waals surface area contributed by atoms with E-state index in [2.05, 4.69) is 25.3 Å². The van der Waals surface area contributed by atoms with Gasteiger partial charge in [-0.3, -0.25) is 9.46 Å². The molecule has 26 heavy (non-hydrogen) atoms. The third-order valence-corrected chi connectivity index (χ3v) is 6.74. The predicted octanol–water partition coefficient (Wildman–Crippen LogP) is 6.27. The van der Waals surface area contributed by atoms with E-state index in [1.165, 1.54) is 0 Å². The van der Waals surface area contributed by atoms with Gasteiger partial charge in [0.2, 0.25) is 0 Å². The molecule has 1 rings (SSSR count). The fourth-order valence-electron chi connectivity index (χ4n) is 3.19. The maximum absolute atomic E-state index is 13.8. The lowest BCUT2D eigenvalue weighted by Crippen LogP contribution is -2.34. The van der Waals surface area contributed by atoms with E-state index in [9.17, 15) is 4.57 Å². The summed E-state index contributed by atoms with van der Waals surface area (Å²) in [5.41, 5.74) is 0.986. The zero-order valence-corrected chi connectivity index (χ0v) is 17.8. The predicted molar refractivity (Wildman–Crippen MR) is 111 cm³/mol. The number of hydrogen-bond acceptors (Lipinski definition) is 4. The summed E-state index contributed by atoms with van der Waals surface area (Å²) in [6.07, 6.45) is 5.01. The van der Waals surface area contributed by atoms with E-state index in [0.29, 0.717) is 19.1 Å². The quantitative estimate of drug-likeness (QED) is 0.281. The molecule has 0 aliphatic carbocycles. The first-order chi connectivity index (χ1) is 12.5. The minimum absolute atomic E-state index is 0.366. The van der Waals surface area contributed by atoms with Gasteiger partial charge in [-0.05, 0) is 44.7 Å². The average molecular weight is 381 g/mol. The Bertz CT molecular complexity index is 539. The van der Waals surface area contributed by atoms with Crippen molar-refractivity contribution in [2.24, 2.45) is 5.92 Å². The normalized spacial score (nSPS) is 14.3. The third-order valence-electron chi connectivity index (χ3n) is 4.28. The Morgan fingerprint density at radius 2 is 1.77 bits per heavy atom. The number of rotatable bonds is 14. The molecule has 5 heteroatoms. The topological polar surface area (TPSA) is 38.8 Å². The van der Waals surface area contributed by atoms with Crippen molar-refractivity contribution in [1.29, 1.82) is 0 Å². The maximum Gasteiger partial charge on any atom is 0.352 e. The largest absolute Gasteiger partial charge is 0.352 e. The van der Waals surface area contributed by atoms with E-state index in [1.54, 1.807) is 0 Å². The first-order valence-corrected chi connectivity index (χ1v) is 11.4. The molecule has 0 bridgehead atoms. The van der Waals surface area contributed by atoms with Gasteiger partial charge in [-0.2, -0.15) is 0 Å². The van der Waals surface area contributed by atoms with Crippen LogP contribution in [0.1, 0.15) is 58.3 Å². The second kappa shape index (κ2) is 12.5. The van der Waals surface area contributed by atoms with E-state index in [0.717, 1.165) is 37.9 Å². The molecule has 148 valence electrons. The van der Waals surface area contributed by atoms with E-state index in [1.807, 2.05) is 50.3 Å². The number of allylic oxidation sites excluding steroid dienone is 1. The second-order valence-corrected chi connectivity index (χ2v) is 8.72. The summed E-state index contributed by atoms with van der Waals surface area (Å²) in [6.45, 7) is 14.4. The minimum Gasteiger partial charge on any atom is -0.308 e. The Morgan fingerprint density at radius 3 is 2.27 bits per heavy atom. The van der Waals surface area contributed by atoms with Gasteiger partial charge in [-0.15, -0.1) is 6.58 Å². The summed E-state index contributed by atoms with van der Waals surface area (Å²) >= 11 is 0. The molecular formula is C21H36NO3P. The highest BCUT2D eigenvalue weighted by Crippen LogP contribution is 2.62. The molecule has 1 aromatic carbocycles. The van der Waals surface area contributed by atoms with E-state index >= 15 is 0 Å². The summed E-state index contributed by atoms with van der Waals surface area (Å²) in [7, 11) is -3.32. The summed E-state index contributed by atoms with van der Waals surface area (Å²) in [5, 5.41) is 0. The van der Waals surface area contributed by atoms with Crippen molar-refractivity contribution in [3.63, 3.8) is 0 Å². The van der Waals surface area contributed by atoms with Crippen molar-refractivity contribution >= 4 is 7.60 Å². The van der Waals surface area contributed by atoms with Crippen LogP contribution in [0.4, 0.5) is 0 Å². The molecule has 0 aliphatic heterocycles. The van der Waals surface area contributed by atoms with E-state index < -0.39 is 7.60 Å². The molecule has 0 N–H and O–H groups in total.